The predicted molar refractivity (Wildman–Crippen MR) is 80.0 cm³/mol. The Morgan fingerprint density at radius 3 is 2.35 bits per heavy atom. The molecule has 0 radical (unpaired) electrons. The summed E-state index contributed by atoms with van der Waals surface area (Å²) in [5, 5.41) is 13.6. The molecule has 0 saturated heterocycles. The number of benzene rings is 1. The van der Waals surface area contributed by atoms with Crippen molar-refractivity contribution in [2.45, 2.75) is 57.6 Å². The Kier molecular flexibility index (Phi) is 5.99. The first-order valence-corrected chi connectivity index (χ1v) is 7.83. The van der Waals surface area contributed by atoms with Crippen LogP contribution in [0.1, 0.15) is 57.1 Å². The average Bonchev–Trinajstić information content (AvgIpc) is 2.74. The molecule has 1 aromatic rings. The molecule has 2 rings (SSSR count). The summed E-state index contributed by atoms with van der Waals surface area (Å²) >= 11 is 0. The van der Waals surface area contributed by atoms with Gasteiger partial charge in [-0.25, -0.2) is 4.39 Å². The molecule has 0 spiro atoms. The molecule has 1 aliphatic rings. The van der Waals surface area contributed by atoms with Crippen LogP contribution in [0.4, 0.5) is 4.39 Å². The molecule has 1 aliphatic carbocycles. The zero-order valence-corrected chi connectivity index (χ0v) is 12.3. The zero-order valence-electron chi connectivity index (χ0n) is 12.3. The third-order valence-corrected chi connectivity index (χ3v) is 4.49. The molecule has 3 heteroatoms. The number of aliphatic hydroxyl groups is 1. The molecule has 20 heavy (non-hydrogen) atoms. The normalized spacial score (nSPS) is 20.4. The minimum absolute atomic E-state index is 0.263. The van der Waals surface area contributed by atoms with Gasteiger partial charge in [0.25, 0.3) is 0 Å². The Labute approximate surface area is 121 Å². The van der Waals surface area contributed by atoms with E-state index in [2.05, 4.69) is 12.2 Å². The Balaban J connectivity index is 1.79. The van der Waals surface area contributed by atoms with Gasteiger partial charge in [-0.3, -0.25) is 0 Å². The first-order chi connectivity index (χ1) is 9.66. The number of hydrogen-bond donors (Lipinski definition) is 2. The molecule has 0 amide bonds. The summed E-state index contributed by atoms with van der Waals surface area (Å²) in [6, 6.07) is 6.53. The van der Waals surface area contributed by atoms with Crippen molar-refractivity contribution in [3.63, 3.8) is 0 Å². The lowest BCUT2D eigenvalue weighted by Crippen LogP contribution is -2.36. The smallest absolute Gasteiger partial charge is 0.123 e. The van der Waals surface area contributed by atoms with Gasteiger partial charge in [-0.15, -0.1) is 0 Å². The number of aliphatic hydroxyl groups excluding tert-OH is 1. The third kappa shape index (κ3) is 4.57. The Morgan fingerprint density at radius 1 is 1.15 bits per heavy atom. The molecule has 1 unspecified atom stereocenters. The lowest BCUT2D eigenvalue weighted by molar-refractivity contribution is 0.163. The van der Waals surface area contributed by atoms with Gasteiger partial charge in [0.2, 0.25) is 0 Å². The molecule has 0 bridgehead atoms. The standard InChI is InChI=1S/C17H26FNO/c1-13(14-6-4-2-3-5-7-14)19-12-17(20)15-8-10-16(18)11-9-15/h8-11,13-14,17,19-20H,2-7,12H2,1H3/t13-,17?/m1/s1. The van der Waals surface area contributed by atoms with Crippen LogP contribution >= 0.6 is 0 Å². The molecule has 0 aliphatic heterocycles. The van der Waals surface area contributed by atoms with Gasteiger partial charge in [0.15, 0.2) is 0 Å². The molecular formula is C17H26FNO. The van der Waals surface area contributed by atoms with Crippen molar-refractivity contribution >= 4 is 0 Å². The fraction of sp³-hybridized carbons (Fsp3) is 0.647. The van der Waals surface area contributed by atoms with Gasteiger partial charge in [0.05, 0.1) is 6.10 Å². The SMILES string of the molecule is C[C@@H](NCC(O)c1ccc(F)cc1)C1CCCCCC1. The number of halogens is 1. The highest BCUT2D eigenvalue weighted by atomic mass is 19.1. The Bertz CT molecular complexity index is 384. The van der Waals surface area contributed by atoms with Gasteiger partial charge in [0.1, 0.15) is 5.82 Å². The highest BCUT2D eigenvalue weighted by Crippen LogP contribution is 2.25. The lowest BCUT2D eigenvalue weighted by atomic mass is 9.93. The van der Waals surface area contributed by atoms with E-state index < -0.39 is 6.10 Å². The van der Waals surface area contributed by atoms with E-state index in [1.54, 1.807) is 12.1 Å². The van der Waals surface area contributed by atoms with E-state index in [0.29, 0.717) is 12.6 Å². The minimum Gasteiger partial charge on any atom is -0.387 e. The summed E-state index contributed by atoms with van der Waals surface area (Å²) in [7, 11) is 0. The first-order valence-electron chi connectivity index (χ1n) is 7.83. The van der Waals surface area contributed by atoms with Crippen molar-refractivity contribution in [3.05, 3.63) is 35.6 Å². The topological polar surface area (TPSA) is 32.3 Å². The largest absolute Gasteiger partial charge is 0.387 e. The van der Waals surface area contributed by atoms with Crippen LogP contribution in [0, 0.1) is 11.7 Å². The maximum atomic E-state index is 12.8. The summed E-state index contributed by atoms with van der Waals surface area (Å²) in [5.41, 5.74) is 0.770. The average molecular weight is 279 g/mol. The van der Waals surface area contributed by atoms with Crippen LogP contribution < -0.4 is 5.32 Å². The number of hydrogen-bond acceptors (Lipinski definition) is 2. The predicted octanol–water partition coefficient (Wildman–Crippen LogP) is 3.81. The highest BCUT2D eigenvalue weighted by Gasteiger charge is 2.19. The van der Waals surface area contributed by atoms with Crippen molar-refractivity contribution < 1.29 is 9.50 Å². The Morgan fingerprint density at radius 2 is 1.75 bits per heavy atom. The van der Waals surface area contributed by atoms with Crippen LogP contribution in [0.25, 0.3) is 0 Å². The summed E-state index contributed by atoms with van der Waals surface area (Å²) in [6.07, 6.45) is 7.41. The van der Waals surface area contributed by atoms with Gasteiger partial charge in [-0.05, 0) is 43.4 Å². The molecular weight excluding hydrogens is 253 g/mol. The van der Waals surface area contributed by atoms with E-state index in [1.165, 1.54) is 50.7 Å². The maximum Gasteiger partial charge on any atom is 0.123 e. The van der Waals surface area contributed by atoms with Crippen molar-refractivity contribution in [3.8, 4) is 0 Å². The molecule has 2 nitrogen and oxygen atoms in total. The fourth-order valence-electron chi connectivity index (χ4n) is 3.08. The van der Waals surface area contributed by atoms with Crippen molar-refractivity contribution in [2.24, 2.45) is 5.92 Å². The van der Waals surface area contributed by atoms with Crippen LogP contribution in [0.5, 0.6) is 0 Å². The van der Waals surface area contributed by atoms with Crippen LogP contribution in [-0.4, -0.2) is 17.7 Å². The second-order valence-corrected chi connectivity index (χ2v) is 6.02. The van der Waals surface area contributed by atoms with E-state index in [9.17, 15) is 9.50 Å². The summed E-state index contributed by atoms with van der Waals surface area (Å²) in [5.74, 6) is 0.457. The number of rotatable bonds is 5. The zero-order chi connectivity index (χ0) is 14.4. The minimum atomic E-state index is -0.566. The van der Waals surface area contributed by atoms with Gasteiger partial charge < -0.3 is 10.4 Å². The van der Waals surface area contributed by atoms with E-state index in [4.69, 9.17) is 0 Å². The quantitative estimate of drug-likeness (QED) is 0.803. The Hall–Kier alpha value is -0.930. The molecule has 2 N–H and O–H groups in total. The molecule has 1 fully saturated rings. The first kappa shape index (κ1) is 15.5. The highest BCUT2D eigenvalue weighted by molar-refractivity contribution is 5.18. The van der Waals surface area contributed by atoms with Gasteiger partial charge in [0, 0.05) is 12.6 Å². The fourth-order valence-corrected chi connectivity index (χ4v) is 3.08. The van der Waals surface area contributed by atoms with E-state index in [0.717, 1.165) is 11.5 Å². The molecule has 1 aromatic carbocycles. The van der Waals surface area contributed by atoms with Gasteiger partial charge >= 0.3 is 0 Å². The van der Waals surface area contributed by atoms with E-state index in [1.807, 2.05) is 0 Å². The molecule has 0 heterocycles. The van der Waals surface area contributed by atoms with Crippen LogP contribution in [0.15, 0.2) is 24.3 Å². The summed E-state index contributed by atoms with van der Waals surface area (Å²) in [6.45, 7) is 2.75. The molecule has 1 saturated carbocycles. The summed E-state index contributed by atoms with van der Waals surface area (Å²) < 4.78 is 12.8. The lowest BCUT2D eigenvalue weighted by Gasteiger charge is -2.25. The molecule has 112 valence electrons. The van der Waals surface area contributed by atoms with Crippen LogP contribution in [0.3, 0.4) is 0 Å². The van der Waals surface area contributed by atoms with Crippen LogP contribution in [0.2, 0.25) is 0 Å². The molecule has 0 aromatic heterocycles. The van der Waals surface area contributed by atoms with Crippen molar-refractivity contribution in [2.75, 3.05) is 6.54 Å². The monoisotopic (exact) mass is 279 g/mol. The molecule has 2 atom stereocenters. The van der Waals surface area contributed by atoms with E-state index in [-0.39, 0.29) is 5.82 Å². The second-order valence-electron chi connectivity index (χ2n) is 6.02. The number of nitrogens with one attached hydrogen (secondary N) is 1. The van der Waals surface area contributed by atoms with Crippen molar-refractivity contribution in [1.29, 1.82) is 0 Å². The second kappa shape index (κ2) is 7.75. The maximum absolute atomic E-state index is 12.8. The van der Waals surface area contributed by atoms with Gasteiger partial charge in [-0.1, -0.05) is 37.8 Å². The third-order valence-electron chi connectivity index (χ3n) is 4.49. The van der Waals surface area contributed by atoms with Gasteiger partial charge in [-0.2, -0.15) is 0 Å². The van der Waals surface area contributed by atoms with Crippen molar-refractivity contribution in [1.82, 2.24) is 5.32 Å². The summed E-state index contributed by atoms with van der Waals surface area (Å²) in [4.78, 5) is 0. The van der Waals surface area contributed by atoms with E-state index >= 15 is 0 Å². The van der Waals surface area contributed by atoms with Crippen LogP contribution in [-0.2, 0) is 0 Å².